The number of rotatable bonds is 16. The lowest BCUT2D eigenvalue weighted by Crippen LogP contribution is -2.47. The lowest BCUT2D eigenvalue weighted by molar-refractivity contribution is -0.122. The normalized spacial score (nSPS) is 19.2. The molecule has 8 N–H and O–H groups in total. The SMILES string of the molecule is O=P(O)(OCCCNCCNCCl)OC[C@@H](O)[C@@H](O)[C@H](O)[C@H](O)CO. The van der Waals surface area contributed by atoms with Crippen molar-refractivity contribution in [1.29, 1.82) is 0 Å². The van der Waals surface area contributed by atoms with E-state index in [-0.39, 0.29) is 6.61 Å². The molecular formula is C12H28ClN2O9P. The van der Waals surface area contributed by atoms with Gasteiger partial charge in [0.15, 0.2) is 0 Å². The van der Waals surface area contributed by atoms with Gasteiger partial charge in [0.2, 0.25) is 0 Å². The van der Waals surface area contributed by atoms with Gasteiger partial charge in [-0.1, -0.05) is 0 Å². The van der Waals surface area contributed by atoms with Gasteiger partial charge < -0.3 is 41.1 Å². The third-order valence-corrected chi connectivity index (χ3v) is 4.23. The van der Waals surface area contributed by atoms with Gasteiger partial charge in [0, 0.05) is 13.1 Å². The molecule has 0 amide bonds. The van der Waals surface area contributed by atoms with Crippen molar-refractivity contribution in [3.8, 4) is 0 Å². The second kappa shape index (κ2) is 14.2. The smallest absolute Gasteiger partial charge is 0.394 e. The molecular weight excluding hydrogens is 383 g/mol. The van der Waals surface area contributed by atoms with Crippen molar-refractivity contribution in [2.24, 2.45) is 0 Å². The molecule has 13 heteroatoms. The van der Waals surface area contributed by atoms with Crippen LogP contribution in [0.3, 0.4) is 0 Å². The number of alkyl halides is 1. The zero-order valence-electron chi connectivity index (χ0n) is 13.7. The van der Waals surface area contributed by atoms with Gasteiger partial charge >= 0.3 is 7.82 Å². The number of aliphatic hydroxyl groups excluding tert-OH is 5. The largest absolute Gasteiger partial charge is 0.472 e. The fraction of sp³-hybridized carbons (Fsp3) is 1.00. The summed E-state index contributed by atoms with van der Waals surface area (Å²) in [6.07, 6.45) is -6.73. The van der Waals surface area contributed by atoms with Crippen molar-refractivity contribution < 1.29 is 44.0 Å². The first-order valence-electron chi connectivity index (χ1n) is 7.67. The van der Waals surface area contributed by atoms with Crippen LogP contribution in [0.4, 0.5) is 0 Å². The van der Waals surface area contributed by atoms with Crippen LogP contribution in [0.1, 0.15) is 6.42 Å². The predicted octanol–water partition coefficient (Wildman–Crippen LogP) is -2.68. The summed E-state index contributed by atoms with van der Waals surface area (Å²) in [5.74, 6) is 0. The van der Waals surface area contributed by atoms with Gasteiger partial charge in [-0.3, -0.25) is 9.05 Å². The Bertz CT molecular complexity index is 382. The van der Waals surface area contributed by atoms with E-state index in [9.17, 15) is 24.8 Å². The van der Waals surface area contributed by atoms with E-state index in [0.717, 1.165) is 0 Å². The highest BCUT2D eigenvalue weighted by Gasteiger charge is 2.32. The maximum absolute atomic E-state index is 11.6. The zero-order chi connectivity index (χ0) is 19.3. The van der Waals surface area contributed by atoms with Gasteiger partial charge in [-0.15, -0.1) is 11.6 Å². The Kier molecular flexibility index (Phi) is 14.3. The van der Waals surface area contributed by atoms with Gasteiger partial charge in [0.05, 0.1) is 25.8 Å². The molecule has 0 saturated carbocycles. The van der Waals surface area contributed by atoms with Crippen molar-refractivity contribution in [3.05, 3.63) is 0 Å². The minimum Gasteiger partial charge on any atom is -0.394 e. The van der Waals surface area contributed by atoms with Crippen LogP contribution < -0.4 is 10.6 Å². The number of phosphoric ester groups is 1. The molecule has 0 aliphatic carbocycles. The van der Waals surface area contributed by atoms with Crippen LogP contribution in [0.25, 0.3) is 0 Å². The number of aliphatic hydroxyl groups is 5. The van der Waals surface area contributed by atoms with Gasteiger partial charge in [-0.2, -0.15) is 0 Å². The Morgan fingerprint density at radius 2 is 1.56 bits per heavy atom. The molecule has 0 aromatic heterocycles. The van der Waals surface area contributed by atoms with Crippen LogP contribution in [-0.2, 0) is 13.6 Å². The van der Waals surface area contributed by atoms with Crippen LogP contribution in [0, 0.1) is 0 Å². The maximum Gasteiger partial charge on any atom is 0.472 e. The summed E-state index contributed by atoms with van der Waals surface area (Å²) in [4.78, 5) is 9.43. The minimum absolute atomic E-state index is 0.0752. The molecule has 0 aliphatic heterocycles. The third kappa shape index (κ3) is 12.2. The van der Waals surface area contributed by atoms with Gasteiger partial charge in [0.25, 0.3) is 0 Å². The average molecular weight is 411 g/mol. The molecule has 11 nitrogen and oxygen atoms in total. The molecule has 0 aromatic rings. The summed E-state index contributed by atoms with van der Waals surface area (Å²) >= 11 is 5.42. The van der Waals surface area contributed by atoms with E-state index >= 15 is 0 Å². The van der Waals surface area contributed by atoms with Gasteiger partial charge in [-0.05, 0) is 13.0 Å². The molecule has 5 atom stereocenters. The molecule has 1 unspecified atom stereocenters. The monoisotopic (exact) mass is 410 g/mol. The summed E-state index contributed by atoms with van der Waals surface area (Å²) < 4.78 is 20.8. The molecule has 0 radical (unpaired) electrons. The molecule has 0 saturated heterocycles. The highest BCUT2D eigenvalue weighted by atomic mass is 35.5. The first-order chi connectivity index (χ1) is 11.7. The molecule has 0 aliphatic rings. The number of halogens is 1. The summed E-state index contributed by atoms with van der Waals surface area (Å²) in [6.45, 7) is 0.176. The summed E-state index contributed by atoms with van der Waals surface area (Å²) in [5.41, 5.74) is 0. The summed E-state index contributed by atoms with van der Waals surface area (Å²) in [6, 6.07) is 0.354. The van der Waals surface area contributed by atoms with Crippen molar-refractivity contribution in [2.45, 2.75) is 30.8 Å². The van der Waals surface area contributed by atoms with E-state index in [4.69, 9.17) is 21.8 Å². The molecule has 0 bridgehead atoms. The van der Waals surface area contributed by atoms with Gasteiger partial charge in [-0.25, -0.2) is 4.57 Å². The number of hydrogen-bond donors (Lipinski definition) is 8. The zero-order valence-corrected chi connectivity index (χ0v) is 15.3. The Balaban J connectivity index is 3.93. The predicted molar refractivity (Wildman–Crippen MR) is 89.1 cm³/mol. The number of hydrogen-bond acceptors (Lipinski definition) is 10. The van der Waals surface area contributed by atoms with Crippen molar-refractivity contribution in [1.82, 2.24) is 10.6 Å². The summed E-state index contributed by atoms with van der Waals surface area (Å²) in [7, 11) is -4.44. The van der Waals surface area contributed by atoms with Crippen LogP contribution >= 0.6 is 19.4 Å². The molecule has 0 rings (SSSR count). The Morgan fingerprint density at radius 3 is 2.16 bits per heavy atom. The fourth-order valence-corrected chi connectivity index (χ4v) is 2.52. The second-order valence-electron chi connectivity index (χ2n) is 5.13. The number of nitrogens with one attached hydrogen (secondary N) is 2. The molecule has 0 spiro atoms. The Hall–Kier alpha value is 0.120. The van der Waals surface area contributed by atoms with Crippen LogP contribution in [0.15, 0.2) is 0 Å². The van der Waals surface area contributed by atoms with E-state index in [2.05, 4.69) is 19.7 Å². The quantitative estimate of drug-likeness (QED) is 0.0574. The molecule has 152 valence electrons. The first-order valence-corrected chi connectivity index (χ1v) is 9.70. The van der Waals surface area contributed by atoms with E-state index in [1.54, 1.807) is 0 Å². The molecule has 0 heterocycles. The van der Waals surface area contributed by atoms with E-state index in [1.165, 1.54) is 0 Å². The highest BCUT2D eigenvalue weighted by molar-refractivity contribution is 7.47. The summed E-state index contributed by atoms with van der Waals surface area (Å²) in [5, 5.41) is 52.2. The van der Waals surface area contributed by atoms with E-state index in [0.29, 0.717) is 32.1 Å². The van der Waals surface area contributed by atoms with Gasteiger partial charge in [0.1, 0.15) is 24.4 Å². The van der Waals surface area contributed by atoms with E-state index < -0.39 is 45.5 Å². The van der Waals surface area contributed by atoms with Crippen LogP contribution in [-0.4, -0.2) is 100 Å². The number of phosphoric acid groups is 1. The molecule has 25 heavy (non-hydrogen) atoms. The van der Waals surface area contributed by atoms with Crippen molar-refractivity contribution in [3.63, 3.8) is 0 Å². The molecule has 0 aromatic carbocycles. The Labute approximate surface area is 151 Å². The second-order valence-corrected chi connectivity index (χ2v) is 6.85. The first kappa shape index (κ1) is 25.1. The fourth-order valence-electron chi connectivity index (χ4n) is 1.62. The van der Waals surface area contributed by atoms with Crippen molar-refractivity contribution in [2.75, 3.05) is 45.5 Å². The average Bonchev–Trinajstić information content (AvgIpc) is 2.59. The van der Waals surface area contributed by atoms with Crippen LogP contribution in [0.2, 0.25) is 0 Å². The standard InChI is InChI=1S/C12H28ClN2O9P/c13-8-15-4-3-14-2-1-5-23-25(21,22)24-7-10(18)12(20)11(19)9(17)6-16/h9-12,14-20H,1-8H2,(H,21,22)/t9-,10-,11-,12-/m1/s1. The third-order valence-electron chi connectivity index (χ3n) is 3.06. The molecule has 0 fully saturated rings. The van der Waals surface area contributed by atoms with Crippen molar-refractivity contribution >= 4 is 19.4 Å². The minimum atomic E-state index is -4.44. The van der Waals surface area contributed by atoms with Crippen LogP contribution in [0.5, 0.6) is 0 Å². The topological polar surface area (TPSA) is 181 Å². The van der Waals surface area contributed by atoms with E-state index in [1.807, 2.05) is 0 Å². The lowest BCUT2D eigenvalue weighted by atomic mass is 10.0. The lowest BCUT2D eigenvalue weighted by Gasteiger charge is -2.25. The maximum atomic E-state index is 11.6. The highest BCUT2D eigenvalue weighted by Crippen LogP contribution is 2.43. The Morgan fingerprint density at radius 1 is 0.960 bits per heavy atom.